The maximum atomic E-state index is 3.86. The molecular weight excluding hydrogens is 230 g/mol. The molecule has 0 heterocycles. The van der Waals surface area contributed by atoms with Crippen LogP contribution in [-0.4, -0.2) is 12.1 Å². The van der Waals surface area contributed by atoms with E-state index < -0.39 is 0 Å². The molecule has 0 spiro atoms. The maximum absolute atomic E-state index is 3.86. The highest BCUT2D eigenvalue weighted by atomic mass is 14.9. The normalized spacial score (nSPS) is 25.8. The number of benzene rings is 1. The molecule has 1 aromatic rings. The van der Waals surface area contributed by atoms with Crippen molar-refractivity contribution in [1.82, 2.24) is 5.32 Å². The molecule has 1 fully saturated rings. The van der Waals surface area contributed by atoms with Gasteiger partial charge in [-0.15, -0.1) is 0 Å². The fourth-order valence-corrected chi connectivity index (χ4v) is 3.28. The first-order valence-electron chi connectivity index (χ1n) is 7.95. The van der Waals surface area contributed by atoms with Gasteiger partial charge in [0.15, 0.2) is 0 Å². The average Bonchev–Trinajstić information content (AvgIpc) is 2.57. The third-order valence-electron chi connectivity index (χ3n) is 4.57. The molecule has 1 N–H and O–H groups in total. The zero-order chi connectivity index (χ0) is 13.7. The third-order valence-corrected chi connectivity index (χ3v) is 4.57. The van der Waals surface area contributed by atoms with Crippen LogP contribution in [0.2, 0.25) is 0 Å². The van der Waals surface area contributed by atoms with Gasteiger partial charge in [0.25, 0.3) is 0 Å². The highest BCUT2D eigenvalue weighted by Gasteiger charge is 2.17. The summed E-state index contributed by atoms with van der Waals surface area (Å²) in [5.41, 5.74) is 2.91. The van der Waals surface area contributed by atoms with Crippen LogP contribution in [0.25, 0.3) is 0 Å². The zero-order valence-electron chi connectivity index (χ0n) is 12.8. The highest BCUT2D eigenvalue weighted by Crippen LogP contribution is 2.23. The molecule has 1 heteroatoms. The Hall–Kier alpha value is -0.820. The molecule has 2 rings (SSSR count). The Labute approximate surface area is 118 Å². The van der Waals surface area contributed by atoms with E-state index in [-0.39, 0.29) is 0 Å². The molecule has 0 saturated heterocycles. The third kappa shape index (κ3) is 4.65. The summed E-state index contributed by atoms with van der Waals surface area (Å²) in [5, 5.41) is 3.86. The summed E-state index contributed by atoms with van der Waals surface area (Å²) < 4.78 is 0. The molecular formula is C18H29N. The summed E-state index contributed by atoms with van der Waals surface area (Å²) in [7, 11) is 0. The number of aryl methyl sites for hydroxylation is 1. The minimum atomic E-state index is 0.583. The van der Waals surface area contributed by atoms with Crippen molar-refractivity contribution in [2.45, 2.75) is 71.4 Å². The van der Waals surface area contributed by atoms with E-state index >= 15 is 0 Å². The van der Waals surface area contributed by atoms with Crippen LogP contribution in [0.3, 0.4) is 0 Å². The first-order chi connectivity index (χ1) is 9.15. The molecule has 1 aliphatic carbocycles. The van der Waals surface area contributed by atoms with Gasteiger partial charge in [0.2, 0.25) is 0 Å². The van der Waals surface area contributed by atoms with Crippen LogP contribution in [0.1, 0.15) is 57.1 Å². The van der Waals surface area contributed by atoms with Gasteiger partial charge in [0.1, 0.15) is 0 Å². The first-order valence-corrected chi connectivity index (χ1v) is 7.95. The van der Waals surface area contributed by atoms with E-state index in [9.17, 15) is 0 Å². The second-order valence-electron chi connectivity index (χ2n) is 6.51. The van der Waals surface area contributed by atoms with Crippen LogP contribution >= 0.6 is 0 Å². The number of nitrogens with one attached hydrogen (secondary N) is 1. The van der Waals surface area contributed by atoms with Gasteiger partial charge in [0, 0.05) is 12.1 Å². The van der Waals surface area contributed by atoms with Crippen molar-refractivity contribution in [3.63, 3.8) is 0 Å². The number of hydrogen-bond donors (Lipinski definition) is 1. The summed E-state index contributed by atoms with van der Waals surface area (Å²) >= 11 is 0. The van der Waals surface area contributed by atoms with Gasteiger partial charge in [-0.1, -0.05) is 44.0 Å². The van der Waals surface area contributed by atoms with Crippen LogP contribution in [-0.2, 0) is 6.42 Å². The van der Waals surface area contributed by atoms with Gasteiger partial charge in [0.05, 0.1) is 0 Å². The molecule has 19 heavy (non-hydrogen) atoms. The van der Waals surface area contributed by atoms with E-state index in [0.29, 0.717) is 6.04 Å². The van der Waals surface area contributed by atoms with Crippen molar-refractivity contribution in [3.05, 3.63) is 35.4 Å². The molecule has 3 unspecified atom stereocenters. The average molecular weight is 259 g/mol. The fraction of sp³-hybridized carbons (Fsp3) is 0.667. The van der Waals surface area contributed by atoms with Crippen molar-refractivity contribution < 1.29 is 0 Å². The second kappa shape index (κ2) is 7.09. The Balaban J connectivity index is 1.84. The number of hydrogen-bond acceptors (Lipinski definition) is 1. The molecule has 0 aliphatic heterocycles. The van der Waals surface area contributed by atoms with E-state index in [1.165, 1.54) is 43.2 Å². The summed E-state index contributed by atoms with van der Waals surface area (Å²) in [6.07, 6.45) is 8.09. The predicted molar refractivity (Wildman–Crippen MR) is 83.5 cm³/mol. The van der Waals surface area contributed by atoms with Crippen molar-refractivity contribution >= 4 is 0 Å². The molecule has 0 radical (unpaired) electrons. The minimum absolute atomic E-state index is 0.583. The van der Waals surface area contributed by atoms with E-state index in [1.807, 2.05) is 0 Å². The fourth-order valence-electron chi connectivity index (χ4n) is 3.28. The quantitative estimate of drug-likeness (QED) is 0.786. The SMILES string of the molecule is Cc1ccccc1CC(C)NC1CCCC(C)CC1. The highest BCUT2D eigenvalue weighted by molar-refractivity contribution is 5.26. The van der Waals surface area contributed by atoms with E-state index in [2.05, 4.69) is 50.4 Å². The van der Waals surface area contributed by atoms with Gasteiger partial charge < -0.3 is 5.32 Å². The molecule has 1 saturated carbocycles. The van der Waals surface area contributed by atoms with Crippen LogP contribution in [0, 0.1) is 12.8 Å². The maximum Gasteiger partial charge on any atom is 0.00818 e. The monoisotopic (exact) mass is 259 g/mol. The molecule has 0 bridgehead atoms. The lowest BCUT2D eigenvalue weighted by atomic mass is 10.00. The number of rotatable bonds is 4. The van der Waals surface area contributed by atoms with Gasteiger partial charge in [-0.05, 0) is 56.6 Å². The Morgan fingerprint density at radius 3 is 2.74 bits per heavy atom. The molecule has 3 atom stereocenters. The molecule has 1 nitrogen and oxygen atoms in total. The van der Waals surface area contributed by atoms with Crippen molar-refractivity contribution in [2.24, 2.45) is 5.92 Å². The standard InChI is InChI=1S/C18H29N/c1-14-7-6-10-18(12-11-14)19-16(3)13-17-9-5-4-8-15(17)2/h4-5,8-9,14,16,18-19H,6-7,10-13H2,1-3H3. The Morgan fingerprint density at radius 1 is 1.16 bits per heavy atom. The molecule has 0 amide bonds. The van der Waals surface area contributed by atoms with Crippen LogP contribution in [0.4, 0.5) is 0 Å². The molecule has 1 aromatic carbocycles. The van der Waals surface area contributed by atoms with Crippen LogP contribution < -0.4 is 5.32 Å². The van der Waals surface area contributed by atoms with Crippen molar-refractivity contribution in [1.29, 1.82) is 0 Å². The van der Waals surface area contributed by atoms with Gasteiger partial charge >= 0.3 is 0 Å². The lowest BCUT2D eigenvalue weighted by molar-refractivity contribution is 0.400. The minimum Gasteiger partial charge on any atom is -0.311 e. The molecule has 106 valence electrons. The van der Waals surface area contributed by atoms with Gasteiger partial charge in [-0.25, -0.2) is 0 Å². The van der Waals surface area contributed by atoms with E-state index in [1.54, 1.807) is 0 Å². The zero-order valence-corrected chi connectivity index (χ0v) is 12.8. The first kappa shape index (κ1) is 14.6. The summed E-state index contributed by atoms with van der Waals surface area (Å²) in [4.78, 5) is 0. The summed E-state index contributed by atoms with van der Waals surface area (Å²) in [6, 6.07) is 10.1. The lowest BCUT2D eigenvalue weighted by Crippen LogP contribution is -2.37. The van der Waals surface area contributed by atoms with Crippen LogP contribution in [0.5, 0.6) is 0 Å². The van der Waals surface area contributed by atoms with E-state index in [0.717, 1.165) is 18.4 Å². The Bertz CT molecular complexity index is 385. The summed E-state index contributed by atoms with van der Waals surface area (Å²) in [5.74, 6) is 0.929. The largest absolute Gasteiger partial charge is 0.311 e. The van der Waals surface area contributed by atoms with Crippen molar-refractivity contribution in [3.8, 4) is 0 Å². The second-order valence-corrected chi connectivity index (χ2v) is 6.51. The topological polar surface area (TPSA) is 12.0 Å². The Kier molecular flexibility index (Phi) is 5.45. The molecule has 0 aromatic heterocycles. The van der Waals surface area contributed by atoms with Crippen LogP contribution in [0.15, 0.2) is 24.3 Å². The van der Waals surface area contributed by atoms with E-state index in [4.69, 9.17) is 0 Å². The lowest BCUT2D eigenvalue weighted by Gasteiger charge is -2.22. The van der Waals surface area contributed by atoms with Crippen molar-refractivity contribution in [2.75, 3.05) is 0 Å². The summed E-state index contributed by atoms with van der Waals surface area (Å²) in [6.45, 7) is 6.95. The van der Waals surface area contributed by atoms with Gasteiger partial charge in [-0.3, -0.25) is 0 Å². The Morgan fingerprint density at radius 2 is 1.95 bits per heavy atom. The van der Waals surface area contributed by atoms with Gasteiger partial charge in [-0.2, -0.15) is 0 Å². The predicted octanol–water partition coefficient (Wildman–Crippen LogP) is 4.48. The smallest absolute Gasteiger partial charge is 0.00818 e. The molecule has 1 aliphatic rings.